The van der Waals surface area contributed by atoms with E-state index in [1.54, 1.807) is 5.32 Å². The monoisotopic (exact) mass is 717 g/mol. The number of halogens is 8. The van der Waals surface area contributed by atoms with E-state index in [9.17, 15) is 49.1 Å². The zero-order valence-electron chi connectivity index (χ0n) is 24.7. The summed E-state index contributed by atoms with van der Waals surface area (Å²) >= 11 is 6.42. The van der Waals surface area contributed by atoms with Crippen molar-refractivity contribution in [2.75, 3.05) is 11.0 Å². The van der Waals surface area contributed by atoms with Crippen molar-refractivity contribution in [3.8, 4) is 23.0 Å². The molecule has 0 radical (unpaired) electrons. The van der Waals surface area contributed by atoms with Gasteiger partial charge in [-0.25, -0.2) is 31.0 Å². The van der Waals surface area contributed by atoms with Gasteiger partial charge in [-0.2, -0.15) is 18.3 Å². The zero-order chi connectivity index (χ0) is 35.4. The van der Waals surface area contributed by atoms with E-state index in [4.69, 9.17) is 11.6 Å². The van der Waals surface area contributed by atoms with E-state index in [1.807, 2.05) is 0 Å². The summed E-state index contributed by atoms with van der Waals surface area (Å²) in [5.41, 5.74) is -2.42. The normalized spacial score (nSPS) is 16.1. The zero-order valence-corrected chi connectivity index (χ0v) is 26.3. The highest BCUT2D eigenvalue weighted by Crippen LogP contribution is 2.45. The lowest BCUT2D eigenvalue weighted by Crippen LogP contribution is -2.50. The van der Waals surface area contributed by atoms with Crippen molar-refractivity contribution in [2.45, 2.75) is 43.0 Å². The van der Waals surface area contributed by atoms with Gasteiger partial charge in [0.05, 0.1) is 46.8 Å². The number of amides is 1. The number of hydrogen-bond acceptors (Lipinski definition) is 6. The molecule has 2 heterocycles. The smallest absolute Gasteiger partial charge is 0.377 e. The number of aryl methyl sites for hydroxylation is 1. The molecule has 5 rings (SSSR count). The predicted molar refractivity (Wildman–Crippen MR) is 160 cm³/mol. The fourth-order valence-corrected chi connectivity index (χ4v) is 6.11. The number of sulfonamides is 1. The van der Waals surface area contributed by atoms with E-state index in [0.717, 1.165) is 18.4 Å². The highest BCUT2D eigenvalue weighted by Gasteiger charge is 2.55. The molecule has 2 aromatic heterocycles. The van der Waals surface area contributed by atoms with Gasteiger partial charge in [0, 0.05) is 24.2 Å². The minimum Gasteiger partial charge on any atom is -0.377 e. The molecule has 1 amide bonds. The summed E-state index contributed by atoms with van der Waals surface area (Å²) in [5, 5.41) is 16.4. The second kappa shape index (κ2) is 12.2. The summed E-state index contributed by atoms with van der Waals surface area (Å²) in [4.78, 5) is 16.6. The topological polar surface area (TPSA) is 126 Å². The summed E-state index contributed by atoms with van der Waals surface area (Å²) in [7, 11) is -2.44. The van der Waals surface area contributed by atoms with E-state index in [1.165, 1.54) is 36.0 Å². The number of fused-ring (bicyclic) bond motifs is 1. The molecule has 48 heavy (non-hydrogen) atoms. The lowest BCUT2D eigenvalue weighted by atomic mass is 9.77. The molecule has 2 aromatic carbocycles. The van der Waals surface area contributed by atoms with Crippen molar-refractivity contribution in [1.82, 2.24) is 20.1 Å². The van der Waals surface area contributed by atoms with Crippen molar-refractivity contribution in [3.05, 3.63) is 76.1 Å². The van der Waals surface area contributed by atoms with Crippen molar-refractivity contribution in [3.63, 3.8) is 0 Å². The van der Waals surface area contributed by atoms with E-state index < -0.39 is 70.6 Å². The van der Waals surface area contributed by atoms with Gasteiger partial charge >= 0.3 is 12.1 Å². The van der Waals surface area contributed by atoms with Crippen LogP contribution in [0.3, 0.4) is 0 Å². The first-order chi connectivity index (χ1) is 22.1. The Kier molecular flexibility index (Phi) is 8.91. The quantitative estimate of drug-likeness (QED) is 0.173. The largest absolute Gasteiger partial charge is 0.471 e. The molecule has 18 heteroatoms. The Labute approximate surface area is 273 Å². The third kappa shape index (κ3) is 7.66. The molecule has 9 nitrogen and oxygen atoms in total. The molecule has 1 atom stereocenters. The molecular weight excluding hydrogens is 695 g/mol. The molecule has 4 aromatic rings. The first-order valence-corrected chi connectivity index (χ1v) is 16.0. The summed E-state index contributed by atoms with van der Waals surface area (Å²) in [6.45, 7) is 0. The van der Waals surface area contributed by atoms with Crippen LogP contribution in [0.4, 0.5) is 36.6 Å². The number of nitrogens with one attached hydrogen (secondary N) is 2. The van der Waals surface area contributed by atoms with Gasteiger partial charge in [-0.3, -0.25) is 14.2 Å². The lowest BCUT2D eigenvalue weighted by Gasteiger charge is -2.39. The number of aromatic nitrogens is 3. The van der Waals surface area contributed by atoms with Crippen LogP contribution >= 0.6 is 11.6 Å². The van der Waals surface area contributed by atoms with E-state index in [0.29, 0.717) is 6.07 Å². The first-order valence-electron chi connectivity index (χ1n) is 13.7. The molecule has 0 bridgehead atoms. The molecule has 0 aliphatic heterocycles. The Bertz CT molecular complexity index is 2100. The molecule has 1 unspecified atom stereocenters. The maximum absolute atomic E-state index is 14.1. The Morgan fingerprint density at radius 2 is 1.73 bits per heavy atom. The van der Waals surface area contributed by atoms with Crippen molar-refractivity contribution < 1.29 is 49.1 Å². The van der Waals surface area contributed by atoms with E-state index >= 15 is 0 Å². The Morgan fingerprint density at radius 3 is 2.31 bits per heavy atom. The predicted octanol–water partition coefficient (Wildman–Crippen LogP) is 5.41. The van der Waals surface area contributed by atoms with Crippen LogP contribution in [0.25, 0.3) is 22.0 Å². The number of rotatable bonds is 7. The van der Waals surface area contributed by atoms with Crippen LogP contribution in [0.1, 0.15) is 35.8 Å². The number of carbonyl (C=O) groups excluding carboxylic acids is 1. The first kappa shape index (κ1) is 34.9. The Balaban J connectivity index is 1.75. The van der Waals surface area contributed by atoms with Crippen molar-refractivity contribution >= 4 is 44.3 Å². The van der Waals surface area contributed by atoms with Crippen LogP contribution in [-0.4, -0.2) is 58.2 Å². The summed E-state index contributed by atoms with van der Waals surface area (Å²) in [5.74, 6) is -3.11. The van der Waals surface area contributed by atoms with Crippen molar-refractivity contribution in [2.24, 2.45) is 7.05 Å². The number of alkyl halides is 5. The number of benzene rings is 2. The highest BCUT2D eigenvalue weighted by molar-refractivity contribution is 7.92. The average molecular weight is 718 g/mol. The molecular formula is C30H23ClF7N5O4S. The molecule has 1 fully saturated rings. The van der Waals surface area contributed by atoms with Gasteiger partial charge in [0.25, 0.3) is 5.92 Å². The maximum Gasteiger partial charge on any atom is 0.471 e. The summed E-state index contributed by atoms with van der Waals surface area (Å²) < 4.78 is 123. The number of carbonyl (C=O) groups is 1. The number of pyridine rings is 1. The number of anilines is 1. The Morgan fingerprint density at radius 1 is 1.10 bits per heavy atom. The number of hydrogen-bond donors (Lipinski definition) is 3. The summed E-state index contributed by atoms with van der Waals surface area (Å²) in [6, 6.07) is 5.84. The van der Waals surface area contributed by atoms with Gasteiger partial charge in [0.1, 0.15) is 22.9 Å². The average Bonchev–Trinajstić information content (AvgIpc) is 3.24. The maximum atomic E-state index is 14.1. The van der Waals surface area contributed by atoms with Gasteiger partial charge in [-0.1, -0.05) is 23.6 Å². The fourth-order valence-electron chi connectivity index (χ4n) is 5.37. The molecule has 1 aliphatic carbocycles. The highest BCUT2D eigenvalue weighted by atomic mass is 35.5. The molecule has 1 saturated carbocycles. The molecule has 0 spiro atoms. The second-order valence-corrected chi connectivity index (χ2v) is 13.4. The second-order valence-electron chi connectivity index (χ2n) is 11.3. The van der Waals surface area contributed by atoms with Gasteiger partial charge in [0.15, 0.2) is 5.82 Å². The van der Waals surface area contributed by atoms with Gasteiger partial charge in [0.2, 0.25) is 10.0 Å². The Hall–Kier alpha value is -4.40. The van der Waals surface area contributed by atoms with Crippen LogP contribution in [0.5, 0.6) is 0 Å². The van der Waals surface area contributed by atoms with Crippen LogP contribution in [-0.2, 0) is 28.3 Å². The van der Waals surface area contributed by atoms with E-state index in [2.05, 4.69) is 26.6 Å². The minimum absolute atomic E-state index is 0.0226. The molecule has 3 N–H and O–H groups in total. The van der Waals surface area contributed by atoms with Crippen LogP contribution < -0.4 is 10.0 Å². The number of aliphatic hydroxyl groups is 1. The number of nitrogens with zero attached hydrogens (tertiary/aromatic N) is 3. The van der Waals surface area contributed by atoms with Crippen LogP contribution in [0, 0.1) is 23.5 Å². The van der Waals surface area contributed by atoms with Crippen LogP contribution in [0.15, 0.2) is 42.5 Å². The van der Waals surface area contributed by atoms with Gasteiger partial charge < -0.3 is 10.4 Å². The van der Waals surface area contributed by atoms with Crippen molar-refractivity contribution in [1.29, 1.82) is 0 Å². The van der Waals surface area contributed by atoms with Gasteiger partial charge in [-0.05, 0) is 48.2 Å². The minimum atomic E-state index is -5.40. The third-order valence-corrected chi connectivity index (χ3v) is 8.09. The summed E-state index contributed by atoms with van der Waals surface area (Å²) in [6.07, 6.45) is -7.07. The third-order valence-electron chi connectivity index (χ3n) is 7.21. The fraction of sp³-hybridized carbons (Fsp3) is 0.300. The molecule has 0 saturated heterocycles. The van der Waals surface area contributed by atoms with Gasteiger partial charge in [-0.15, -0.1) is 0 Å². The van der Waals surface area contributed by atoms with E-state index in [-0.39, 0.29) is 49.8 Å². The SMILES string of the molecule is Cn1nc(NS(C)(=O)=O)c2c(Cl)ccc(-c3ccc(C#CC4(O)CC(F)(F)C4)nc3C(Cc3cc(F)cc(F)c3)NC(=O)C(F)(F)F)c21. The molecule has 1 aliphatic rings. The van der Waals surface area contributed by atoms with Crippen LogP contribution in [0.2, 0.25) is 5.02 Å². The molecule has 254 valence electrons. The lowest BCUT2D eigenvalue weighted by molar-refractivity contribution is -0.176. The standard InChI is InChI=1S/C30H23ClF7N5O4S/c1-43-25-20(5-6-21(31)23(25)26(41-43)42-48(2,46)47)19-4-3-18(7-8-28(45)13-29(34,35)14-28)39-24(19)22(40-27(44)30(36,37)38)11-15-9-16(32)12-17(33)10-15/h3-6,9-10,12,22,45H,11,13-14H2,1-2H3,(H,40,44)(H,41,42).